The normalized spacial score (nSPS) is 7.38. The first-order valence-electron chi connectivity index (χ1n) is 7.72. The maximum atomic E-state index is 11.2. The van der Waals surface area contributed by atoms with Gasteiger partial charge in [-0.05, 0) is 0 Å². The average Bonchev–Trinajstić information content (AvgIpc) is 2.80. The Kier molecular flexibility index (Phi) is 44.6. The zero-order valence-electron chi connectivity index (χ0n) is 18.2. The van der Waals surface area contributed by atoms with E-state index in [0.29, 0.717) is 0 Å². The molecule has 0 atom stereocenters. The molecule has 0 fully saturated rings. The van der Waals surface area contributed by atoms with Crippen molar-refractivity contribution < 1.29 is 71.6 Å². The number of methoxy groups -OCH3 is 4. The van der Waals surface area contributed by atoms with Crippen molar-refractivity contribution in [2.75, 3.05) is 28.4 Å². The molecular weight excluding hydrogens is 484 g/mol. The predicted molar refractivity (Wildman–Crippen MR) is 92.1 cm³/mol. The van der Waals surface area contributed by atoms with Crippen LogP contribution in [0.2, 0.25) is 0 Å². The molecule has 0 aromatic carbocycles. The molecule has 0 N–H and O–H groups in total. The van der Waals surface area contributed by atoms with Crippen molar-refractivity contribution in [3.8, 4) is 0 Å². The molecule has 0 bridgehead atoms. The lowest BCUT2D eigenvalue weighted by atomic mass is 11.0. The molecule has 16 heteroatoms. The minimum atomic E-state index is -2.43. The van der Waals surface area contributed by atoms with Crippen LogP contribution in [0.5, 0.6) is 0 Å². The highest BCUT2D eigenvalue weighted by molar-refractivity contribution is 4.80. The largest absolute Gasteiger partial charge is 0.470 e. The van der Waals surface area contributed by atoms with Crippen molar-refractivity contribution in [2.24, 2.45) is 0 Å². The van der Waals surface area contributed by atoms with Gasteiger partial charge in [-0.25, -0.2) is 0 Å². The molecule has 0 radical (unpaired) electrons. The first-order chi connectivity index (χ1) is 14.7. The number of hydrogen-bond acceptors (Lipinski definition) is 4. The maximum Gasteiger partial charge on any atom is 0.342 e. The zero-order valence-corrected chi connectivity index (χ0v) is 18.2. The molecule has 0 aliphatic carbocycles. The molecule has 0 aromatic rings. The average molecular weight is 508 g/mol. The monoisotopic (exact) mass is 508 g/mol. The van der Waals surface area contributed by atoms with E-state index >= 15 is 0 Å². The highest BCUT2D eigenvalue weighted by Crippen LogP contribution is 2.09. The molecule has 0 unspecified atom stereocenters. The molecule has 196 valence electrons. The lowest BCUT2D eigenvalue weighted by Gasteiger charge is -1.87. The van der Waals surface area contributed by atoms with Crippen LogP contribution in [-0.4, -0.2) is 28.4 Å². The molecule has 32 heavy (non-hydrogen) atoms. The van der Waals surface area contributed by atoms with Gasteiger partial charge < -0.3 is 18.9 Å². The molecule has 0 aliphatic rings. The number of halogens is 12. The summed E-state index contributed by atoms with van der Waals surface area (Å²) in [6.45, 7) is 8.00. The van der Waals surface area contributed by atoms with Crippen LogP contribution >= 0.6 is 0 Å². The third-order valence-corrected chi connectivity index (χ3v) is 1.31. The molecule has 0 rings (SSSR count). The SMILES string of the molecule is CC.CC.COC(F)=C(F)F.COC(F)=C(F)F.COC(F)=C(F)F.COC(F)=C(F)F. The van der Waals surface area contributed by atoms with E-state index in [2.05, 4.69) is 18.9 Å². The van der Waals surface area contributed by atoms with Crippen LogP contribution in [-0.2, 0) is 18.9 Å². The predicted octanol–water partition coefficient (Wildman–Crippen LogP) is 8.72. The van der Waals surface area contributed by atoms with Crippen LogP contribution in [0.3, 0.4) is 0 Å². The minimum absolute atomic E-state index is 0.828. The Labute approximate surface area is 177 Å². The van der Waals surface area contributed by atoms with Gasteiger partial charge in [-0.15, -0.1) is 0 Å². The summed E-state index contributed by atoms with van der Waals surface area (Å²) in [5, 5.41) is 0. The van der Waals surface area contributed by atoms with E-state index in [1.165, 1.54) is 0 Å². The number of ether oxygens (including phenoxy) is 4. The summed E-state index contributed by atoms with van der Waals surface area (Å²) >= 11 is 0. The van der Waals surface area contributed by atoms with Gasteiger partial charge in [-0.3, -0.25) is 0 Å². The van der Waals surface area contributed by atoms with Crippen LogP contribution < -0.4 is 0 Å². The Morgan fingerprint density at radius 3 is 0.406 bits per heavy atom. The van der Waals surface area contributed by atoms with E-state index in [1.807, 2.05) is 27.7 Å². The molecule has 0 aliphatic heterocycles. The summed E-state index contributed by atoms with van der Waals surface area (Å²) in [6, 6.07) is -7.28. The maximum absolute atomic E-state index is 11.2. The van der Waals surface area contributed by atoms with Crippen molar-refractivity contribution in [1.82, 2.24) is 0 Å². The zero-order chi connectivity index (χ0) is 27.4. The first kappa shape index (κ1) is 43.2. The Balaban J connectivity index is -0.0000000667. The van der Waals surface area contributed by atoms with E-state index in [0.717, 1.165) is 28.4 Å². The van der Waals surface area contributed by atoms with Gasteiger partial charge in [0.05, 0.1) is 28.4 Å². The molecule has 0 spiro atoms. The van der Waals surface area contributed by atoms with Crippen LogP contribution in [0.1, 0.15) is 27.7 Å². The Morgan fingerprint density at radius 2 is 0.406 bits per heavy atom. The van der Waals surface area contributed by atoms with Crippen molar-refractivity contribution in [3.63, 3.8) is 0 Å². The van der Waals surface area contributed by atoms with E-state index in [1.54, 1.807) is 0 Å². The standard InChI is InChI=1S/4C3H3F3O.2C2H6/c4*1-7-3(6)2(4)5;2*1-2/h4*1H3;2*1-2H3. The Hall–Kier alpha value is -2.68. The second-order valence-electron chi connectivity index (χ2n) is 2.95. The smallest absolute Gasteiger partial charge is 0.342 e. The minimum Gasteiger partial charge on any atom is -0.470 e. The van der Waals surface area contributed by atoms with Gasteiger partial charge in [-0.2, -0.15) is 52.7 Å². The van der Waals surface area contributed by atoms with Crippen LogP contribution in [0.15, 0.2) is 48.4 Å². The highest BCUT2D eigenvalue weighted by Gasteiger charge is 2.02. The second-order valence-corrected chi connectivity index (χ2v) is 2.95. The second kappa shape index (κ2) is 33.0. The fourth-order valence-electron chi connectivity index (χ4n) is 0.309. The summed E-state index contributed by atoms with van der Waals surface area (Å²) in [5.74, 6) is 0. The first-order valence-corrected chi connectivity index (χ1v) is 7.72. The molecule has 0 amide bonds. The molecule has 0 saturated carbocycles. The number of hydrogen-bond donors (Lipinski definition) is 0. The molecule has 0 aromatic heterocycles. The van der Waals surface area contributed by atoms with Gasteiger partial charge in [0.25, 0.3) is 0 Å². The molecule has 0 heterocycles. The summed E-state index contributed by atoms with van der Waals surface area (Å²) in [4.78, 5) is 0. The lowest BCUT2D eigenvalue weighted by molar-refractivity contribution is 0.166. The summed E-state index contributed by atoms with van der Waals surface area (Å²) in [7, 11) is 3.31. The summed E-state index contributed by atoms with van der Waals surface area (Å²) in [6.07, 6.45) is -9.71. The van der Waals surface area contributed by atoms with E-state index < -0.39 is 48.4 Å². The third-order valence-electron chi connectivity index (χ3n) is 1.31. The fraction of sp³-hybridized carbons (Fsp3) is 0.500. The quantitative estimate of drug-likeness (QED) is 0.281. The van der Waals surface area contributed by atoms with Crippen molar-refractivity contribution in [2.45, 2.75) is 27.7 Å². The van der Waals surface area contributed by atoms with Gasteiger partial charge in [0, 0.05) is 0 Å². The third kappa shape index (κ3) is 41.6. The Morgan fingerprint density at radius 1 is 0.312 bits per heavy atom. The van der Waals surface area contributed by atoms with Crippen LogP contribution in [0.25, 0.3) is 0 Å². The topological polar surface area (TPSA) is 36.9 Å². The van der Waals surface area contributed by atoms with Crippen molar-refractivity contribution in [1.29, 1.82) is 0 Å². The van der Waals surface area contributed by atoms with Gasteiger partial charge in [0.2, 0.25) is 0 Å². The molecular formula is C16H24F12O4. The van der Waals surface area contributed by atoms with Gasteiger partial charge >= 0.3 is 48.4 Å². The van der Waals surface area contributed by atoms with E-state index in [4.69, 9.17) is 0 Å². The van der Waals surface area contributed by atoms with E-state index in [9.17, 15) is 52.7 Å². The van der Waals surface area contributed by atoms with Gasteiger partial charge in [-0.1, -0.05) is 27.7 Å². The van der Waals surface area contributed by atoms with Gasteiger partial charge in [0.1, 0.15) is 0 Å². The molecule has 4 nitrogen and oxygen atoms in total. The number of rotatable bonds is 4. The van der Waals surface area contributed by atoms with Crippen molar-refractivity contribution >= 4 is 0 Å². The van der Waals surface area contributed by atoms with Gasteiger partial charge in [0.15, 0.2) is 0 Å². The van der Waals surface area contributed by atoms with Crippen LogP contribution in [0.4, 0.5) is 52.7 Å². The van der Waals surface area contributed by atoms with E-state index in [-0.39, 0.29) is 0 Å². The Bertz CT molecular complexity index is 437. The fourth-order valence-corrected chi connectivity index (χ4v) is 0.309. The lowest BCUT2D eigenvalue weighted by Crippen LogP contribution is -1.76. The van der Waals surface area contributed by atoms with Crippen molar-refractivity contribution in [3.05, 3.63) is 48.4 Å². The molecule has 0 saturated heterocycles. The highest BCUT2D eigenvalue weighted by atomic mass is 19.3. The summed E-state index contributed by atoms with van der Waals surface area (Å²) < 4.78 is 145. The summed E-state index contributed by atoms with van der Waals surface area (Å²) in [5.41, 5.74) is 0. The van der Waals surface area contributed by atoms with Crippen LogP contribution in [0, 0.1) is 0 Å².